The Bertz CT molecular complexity index is 796. The molecular formula is C21H26N4O. The van der Waals surface area contributed by atoms with Crippen LogP contribution in [-0.2, 0) is 13.0 Å². The van der Waals surface area contributed by atoms with Gasteiger partial charge < -0.3 is 15.1 Å². The molecule has 1 aliphatic rings. The summed E-state index contributed by atoms with van der Waals surface area (Å²) in [5, 5.41) is 3.40. The molecule has 0 bridgehead atoms. The van der Waals surface area contributed by atoms with Crippen LogP contribution in [0.2, 0.25) is 0 Å². The molecule has 0 spiro atoms. The van der Waals surface area contributed by atoms with Crippen molar-refractivity contribution < 1.29 is 4.79 Å². The monoisotopic (exact) mass is 350 g/mol. The van der Waals surface area contributed by atoms with Crippen molar-refractivity contribution in [2.45, 2.75) is 19.9 Å². The highest BCUT2D eigenvalue weighted by atomic mass is 16.2. The van der Waals surface area contributed by atoms with E-state index in [2.05, 4.69) is 41.4 Å². The van der Waals surface area contributed by atoms with Crippen LogP contribution in [0.15, 0.2) is 53.5 Å². The van der Waals surface area contributed by atoms with Gasteiger partial charge in [0.05, 0.1) is 6.54 Å². The Labute approximate surface area is 155 Å². The molecule has 1 N–H and O–H groups in total. The summed E-state index contributed by atoms with van der Waals surface area (Å²) in [6, 6.07) is 16.2. The van der Waals surface area contributed by atoms with E-state index in [0.29, 0.717) is 12.1 Å². The Hall–Kier alpha value is -2.82. The second kappa shape index (κ2) is 8.04. The van der Waals surface area contributed by atoms with Gasteiger partial charge in [-0.25, -0.2) is 4.99 Å². The lowest BCUT2D eigenvalue weighted by Gasteiger charge is -2.22. The van der Waals surface area contributed by atoms with Crippen molar-refractivity contribution in [3.63, 3.8) is 0 Å². The fraction of sp³-hybridized carbons (Fsp3) is 0.333. The molecular weight excluding hydrogens is 324 g/mol. The third-order valence-electron chi connectivity index (χ3n) is 4.50. The maximum atomic E-state index is 12.0. The number of amides is 1. The van der Waals surface area contributed by atoms with Gasteiger partial charge >= 0.3 is 0 Å². The number of nitrogens with zero attached hydrogens (tertiary/aromatic N) is 3. The van der Waals surface area contributed by atoms with Gasteiger partial charge in [-0.05, 0) is 42.7 Å². The number of rotatable bonds is 4. The minimum absolute atomic E-state index is 0.0158. The average molecular weight is 350 g/mol. The molecule has 0 radical (unpaired) electrons. The van der Waals surface area contributed by atoms with Crippen molar-refractivity contribution in [1.82, 2.24) is 10.2 Å². The predicted octanol–water partition coefficient (Wildman–Crippen LogP) is 2.92. The van der Waals surface area contributed by atoms with E-state index in [0.717, 1.165) is 31.0 Å². The van der Waals surface area contributed by atoms with Crippen molar-refractivity contribution >= 4 is 17.6 Å². The van der Waals surface area contributed by atoms with Crippen molar-refractivity contribution in [1.29, 1.82) is 0 Å². The lowest BCUT2D eigenvalue weighted by molar-refractivity contribution is 0.0827. The van der Waals surface area contributed by atoms with Crippen LogP contribution in [0.5, 0.6) is 0 Å². The third-order valence-corrected chi connectivity index (χ3v) is 4.50. The van der Waals surface area contributed by atoms with Gasteiger partial charge in [-0.3, -0.25) is 4.79 Å². The summed E-state index contributed by atoms with van der Waals surface area (Å²) >= 11 is 0. The molecule has 0 aliphatic carbocycles. The van der Waals surface area contributed by atoms with E-state index in [1.807, 2.05) is 24.3 Å². The van der Waals surface area contributed by atoms with E-state index in [1.54, 1.807) is 19.0 Å². The van der Waals surface area contributed by atoms with Crippen LogP contribution in [0.1, 0.15) is 28.4 Å². The Kier molecular flexibility index (Phi) is 5.56. The van der Waals surface area contributed by atoms with Gasteiger partial charge in [0, 0.05) is 38.4 Å². The molecule has 1 aliphatic heterocycles. The van der Waals surface area contributed by atoms with Gasteiger partial charge in [-0.15, -0.1) is 0 Å². The molecule has 0 saturated heterocycles. The first-order valence-electron chi connectivity index (χ1n) is 9.04. The zero-order chi connectivity index (χ0) is 18.5. The van der Waals surface area contributed by atoms with Crippen LogP contribution in [0, 0.1) is 0 Å². The van der Waals surface area contributed by atoms with Crippen molar-refractivity contribution in [3.05, 3.63) is 65.2 Å². The number of hydrogen-bond donors (Lipinski definition) is 1. The summed E-state index contributed by atoms with van der Waals surface area (Å²) in [6.07, 6.45) is 1.04. The van der Waals surface area contributed by atoms with Crippen LogP contribution < -0.4 is 10.2 Å². The number of carbonyl (C=O) groups excluding carboxylic acids is 1. The second-order valence-corrected chi connectivity index (χ2v) is 6.60. The zero-order valence-electron chi connectivity index (χ0n) is 15.7. The van der Waals surface area contributed by atoms with E-state index in [4.69, 9.17) is 4.99 Å². The normalized spacial score (nSPS) is 13.5. The number of nitrogens with one attached hydrogen (secondary N) is 1. The van der Waals surface area contributed by atoms with E-state index in [-0.39, 0.29) is 5.91 Å². The van der Waals surface area contributed by atoms with Gasteiger partial charge in [0.2, 0.25) is 0 Å². The van der Waals surface area contributed by atoms with Crippen LogP contribution in [0.25, 0.3) is 0 Å². The Morgan fingerprint density at radius 2 is 1.88 bits per heavy atom. The van der Waals surface area contributed by atoms with Crippen molar-refractivity contribution in [3.8, 4) is 0 Å². The molecule has 0 aromatic heterocycles. The molecule has 5 heteroatoms. The molecule has 3 rings (SSSR count). The number of carbonyl (C=O) groups is 1. The molecule has 2 aromatic carbocycles. The number of hydrogen-bond acceptors (Lipinski definition) is 2. The number of anilines is 1. The number of aliphatic imine (C=N–C) groups is 1. The summed E-state index contributed by atoms with van der Waals surface area (Å²) < 4.78 is 0. The SMILES string of the molecule is CCNC(=NCc1ccc(C(=O)N(C)C)cc1)N1CCc2ccccc21. The van der Waals surface area contributed by atoms with Crippen LogP contribution >= 0.6 is 0 Å². The molecule has 1 heterocycles. The molecule has 2 aromatic rings. The highest BCUT2D eigenvalue weighted by molar-refractivity contribution is 5.98. The average Bonchev–Trinajstić information content (AvgIpc) is 3.09. The first-order valence-corrected chi connectivity index (χ1v) is 9.04. The topological polar surface area (TPSA) is 47.9 Å². The minimum Gasteiger partial charge on any atom is -0.356 e. The highest BCUT2D eigenvalue weighted by Crippen LogP contribution is 2.27. The lowest BCUT2D eigenvalue weighted by atomic mass is 10.1. The Balaban J connectivity index is 1.75. The number of para-hydroxylation sites is 1. The maximum absolute atomic E-state index is 12.0. The van der Waals surface area contributed by atoms with Crippen LogP contribution in [0.3, 0.4) is 0 Å². The smallest absolute Gasteiger partial charge is 0.253 e. The Morgan fingerprint density at radius 1 is 1.15 bits per heavy atom. The summed E-state index contributed by atoms with van der Waals surface area (Å²) in [5.41, 5.74) is 4.38. The van der Waals surface area contributed by atoms with Gasteiger partial charge in [-0.1, -0.05) is 30.3 Å². The fourth-order valence-corrected chi connectivity index (χ4v) is 3.13. The molecule has 5 nitrogen and oxygen atoms in total. The predicted molar refractivity (Wildman–Crippen MR) is 107 cm³/mol. The summed E-state index contributed by atoms with van der Waals surface area (Å²) in [7, 11) is 3.52. The molecule has 0 unspecified atom stereocenters. The standard InChI is InChI=1S/C21H26N4O/c1-4-22-21(25-14-13-17-7-5-6-8-19(17)25)23-15-16-9-11-18(12-10-16)20(26)24(2)3/h5-12H,4,13-15H2,1-3H3,(H,22,23). The third kappa shape index (κ3) is 3.87. The second-order valence-electron chi connectivity index (χ2n) is 6.60. The summed E-state index contributed by atoms with van der Waals surface area (Å²) in [5.74, 6) is 0.924. The minimum atomic E-state index is 0.0158. The molecule has 26 heavy (non-hydrogen) atoms. The van der Waals surface area contributed by atoms with Crippen LogP contribution in [-0.4, -0.2) is 44.0 Å². The van der Waals surface area contributed by atoms with Crippen molar-refractivity contribution in [2.24, 2.45) is 4.99 Å². The van der Waals surface area contributed by atoms with E-state index >= 15 is 0 Å². The van der Waals surface area contributed by atoms with E-state index in [9.17, 15) is 4.79 Å². The van der Waals surface area contributed by atoms with Crippen LogP contribution in [0.4, 0.5) is 5.69 Å². The first kappa shape index (κ1) is 18.0. The van der Waals surface area contributed by atoms with Gasteiger partial charge in [0.15, 0.2) is 5.96 Å². The van der Waals surface area contributed by atoms with Gasteiger partial charge in [-0.2, -0.15) is 0 Å². The molecule has 1 amide bonds. The maximum Gasteiger partial charge on any atom is 0.253 e. The molecule has 0 atom stereocenters. The highest BCUT2D eigenvalue weighted by Gasteiger charge is 2.22. The zero-order valence-corrected chi connectivity index (χ0v) is 15.7. The number of benzene rings is 2. The summed E-state index contributed by atoms with van der Waals surface area (Å²) in [4.78, 5) is 20.6. The lowest BCUT2D eigenvalue weighted by Crippen LogP contribution is -2.40. The fourth-order valence-electron chi connectivity index (χ4n) is 3.13. The largest absolute Gasteiger partial charge is 0.356 e. The van der Waals surface area contributed by atoms with Gasteiger partial charge in [0.1, 0.15) is 0 Å². The van der Waals surface area contributed by atoms with E-state index < -0.39 is 0 Å². The molecule has 0 fully saturated rings. The number of guanidine groups is 1. The molecule has 136 valence electrons. The van der Waals surface area contributed by atoms with Crippen molar-refractivity contribution in [2.75, 3.05) is 32.1 Å². The number of fused-ring (bicyclic) bond motifs is 1. The molecule has 0 saturated carbocycles. The van der Waals surface area contributed by atoms with E-state index in [1.165, 1.54) is 11.3 Å². The Morgan fingerprint density at radius 3 is 2.58 bits per heavy atom. The quantitative estimate of drug-likeness (QED) is 0.681. The van der Waals surface area contributed by atoms with Gasteiger partial charge in [0.25, 0.3) is 5.91 Å². The first-order chi connectivity index (χ1) is 12.6. The summed E-state index contributed by atoms with van der Waals surface area (Å²) in [6.45, 7) is 4.44.